The van der Waals surface area contributed by atoms with Crippen LogP contribution >= 0.6 is 7.26 Å². The number of rotatable bonds is 8. The Labute approximate surface area is 208 Å². The minimum atomic E-state index is -2.27. The van der Waals surface area contributed by atoms with E-state index in [2.05, 4.69) is 115 Å². The Morgan fingerprint density at radius 3 is 1.46 bits per heavy atom. The van der Waals surface area contributed by atoms with Crippen LogP contribution in [0.3, 0.4) is 0 Å². The third-order valence-corrected chi connectivity index (χ3v) is 11.2. The van der Waals surface area contributed by atoms with Gasteiger partial charge in [0.15, 0.2) is 0 Å². The quantitative estimate of drug-likeness (QED) is 0.217. The zero-order valence-electron chi connectivity index (χ0n) is 19.6. The third kappa shape index (κ3) is 5.27. The summed E-state index contributed by atoms with van der Waals surface area (Å²) in [5.74, 6) is 1.69. The number of para-hydroxylation sites is 1. The van der Waals surface area contributed by atoms with Crippen LogP contribution < -0.4 is 20.7 Å². The molecule has 0 unspecified atom stereocenters. The number of ether oxygens (including phenoxy) is 1. The van der Waals surface area contributed by atoms with Gasteiger partial charge in [0, 0.05) is 0 Å². The van der Waals surface area contributed by atoms with Gasteiger partial charge in [-0.2, -0.15) is 0 Å². The molecule has 0 aromatic heterocycles. The molecule has 172 valence electrons. The van der Waals surface area contributed by atoms with Crippen molar-refractivity contribution in [1.29, 1.82) is 0 Å². The Morgan fingerprint density at radius 1 is 0.486 bits per heavy atom. The van der Waals surface area contributed by atoms with E-state index in [1.165, 1.54) is 15.9 Å². The third-order valence-electron chi connectivity index (χ3n) is 6.37. The van der Waals surface area contributed by atoms with Gasteiger partial charge in [0.05, 0.1) is 0 Å². The van der Waals surface area contributed by atoms with Crippen LogP contribution in [0.5, 0.6) is 11.5 Å². The Hall–Kier alpha value is -3.93. The zero-order chi connectivity index (χ0) is 23.8. The standard InChI is InChI=1S/C33H29OP/c1-5-17-29(18-6-1)34-30-19-13-15-28(27-30)16-14-26-35(31-20-7-2-8-21-31,32-22-9-3-10-23-32)33-24-11-4-12-25-33/h1-25,27,35H,26H2. The van der Waals surface area contributed by atoms with E-state index >= 15 is 0 Å². The van der Waals surface area contributed by atoms with Crippen molar-refractivity contribution in [2.75, 3.05) is 6.16 Å². The van der Waals surface area contributed by atoms with Gasteiger partial charge in [-0.1, -0.05) is 0 Å². The summed E-state index contributed by atoms with van der Waals surface area (Å²) >= 11 is 0. The molecule has 5 aromatic rings. The second-order valence-electron chi connectivity index (χ2n) is 8.60. The monoisotopic (exact) mass is 472 g/mol. The fraction of sp³-hybridized carbons (Fsp3) is 0.0303. The number of hydrogen-bond acceptors (Lipinski definition) is 1. The topological polar surface area (TPSA) is 9.23 Å². The van der Waals surface area contributed by atoms with Crippen molar-refractivity contribution >= 4 is 29.3 Å². The first-order valence-corrected chi connectivity index (χ1v) is 14.2. The Kier molecular flexibility index (Phi) is 7.18. The Balaban J connectivity index is 1.51. The van der Waals surface area contributed by atoms with E-state index in [1.54, 1.807) is 0 Å². The molecule has 0 spiro atoms. The van der Waals surface area contributed by atoms with E-state index in [4.69, 9.17) is 4.74 Å². The molecule has 0 atom stereocenters. The Bertz CT molecular complexity index is 1270. The predicted octanol–water partition coefficient (Wildman–Crippen LogP) is 7.22. The van der Waals surface area contributed by atoms with Gasteiger partial charge in [-0.05, 0) is 0 Å². The molecule has 0 aliphatic carbocycles. The van der Waals surface area contributed by atoms with Crippen LogP contribution in [-0.4, -0.2) is 6.16 Å². The van der Waals surface area contributed by atoms with E-state index in [9.17, 15) is 0 Å². The van der Waals surface area contributed by atoms with Gasteiger partial charge >= 0.3 is 209 Å². The molecule has 0 bridgehead atoms. The van der Waals surface area contributed by atoms with E-state index in [0.29, 0.717) is 0 Å². The summed E-state index contributed by atoms with van der Waals surface area (Å²) < 4.78 is 6.05. The average molecular weight is 473 g/mol. The first-order valence-electron chi connectivity index (χ1n) is 12.0. The van der Waals surface area contributed by atoms with Crippen molar-refractivity contribution in [3.05, 3.63) is 157 Å². The van der Waals surface area contributed by atoms with Crippen molar-refractivity contribution in [3.63, 3.8) is 0 Å². The normalized spacial score (nSPS) is 11.9. The number of hydrogen-bond donors (Lipinski definition) is 0. The molecule has 0 amide bonds. The molecule has 0 fully saturated rings. The molecular formula is C33H29OP. The fourth-order valence-electron chi connectivity index (χ4n) is 4.70. The molecule has 0 aliphatic rings. The molecule has 0 radical (unpaired) electrons. The second kappa shape index (κ2) is 11.0. The second-order valence-corrected chi connectivity index (χ2v) is 12.5. The molecule has 0 aliphatic heterocycles. The van der Waals surface area contributed by atoms with Gasteiger partial charge in [-0.15, -0.1) is 0 Å². The van der Waals surface area contributed by atoms with Gasteiger partial charge < -0.3 is 0 Å². The predicted molar refractivity (Wildman–Crippen MR) is 153 cm³/mol. The minimum absolute atomic E-state index is 0.844. The van der Waals surface area contributed by atoms with Gasteiger partial charge in [0.25, 0.3) is 0 Å². The first kappa shape index (κ1) is 22.8. The molecule has 35 heavy (non-hydrogen) atoms. The van der Waals surface area contributed by atoms with E-state index < -0.39 is 7.26 Å². The molecule has 0 saturated carbocycles. The molecule has 5 rings (SSSR count). The van der Waals surface area contributed by atoms with Gasteiger partial charge in [-0.25, -0.2) is 0 Å². The van der Waals surface area contributed by atoms with Crippen LogP contribution in [0.15, 0.2) is 152 Å². The van der Waals surface area contributed by atoms with Crippen LogP contribution in [0.2, 0.25) is 0 Å². The van der Waals surface area contributed by atoms with Gasteiger partial charge in [0.2, 0.25) is 0 Å². The van der Waals surface area contributed by atoms with Crippen LogP contribution in [0.4, 0.5) is 0 Å². The molecule has 0 heterocycles. The maximum absolute atomic E-state index is 6.05. The van der Waals surface area contributed by atoms with Crippen LogP contribution in [0, 0.1) is 0 Å². The van der Waals surface area contributed by atoms with Crippen LogP contribution in [0.25, 0.3) is 6.08 Å². The molecule has 0 saturated heterocycles. The molecule has 1 nitrogen and oxygen atoms in total. The number of benzene rings is 5. The van der Waals surface area contributed by atoms with Crippen LogP contribution in [0.1, 0.15) is 5.56 Å². The first-order chi connectivity index (χ1) is 17.3. The number of allylic oxidation sites excluding steroid dienone is 1. The fourth-order valence-corrected chi connectivity index (χ4v) is 9.16. The van der Waals surface area contributed by atoms with Crippen molar-refractivity contribution in [2.45, 2.75) is 0 Å². The van der Waals surface area contributed by atoms with Crippen LogP contribution in [-0.2, 0) is 0 Å². The summed E-state index contributed by atoms with van der Waals surface area (Å²) in [6.45, 7) is 0. The zero-order valence-corrected chi connectivity index (χ0v) is 20.6. The summed E-state index contributed by atoms with van der Waals surface area (Å²) in [4.78, 5) is 0. The van der Waals surface area contributed by atoms with Crippen molar-refractivity contribution in [2.24, 2.45) is 0 Å². The summed E-state index contributed by atoms with van der Waals surface area (Å²) in [7, 11) is -2.27. The summed E-state index contributed by atoms with van der Waals surface area (Å²) in [6.07, 6.45) is 5.55. The summed E-state index contributed by atoms with van der Waals surface area (Å²) in [5.41, 5.74) is 1.13. The summed E-state index contributed by atoms with van der Waals surface area (Å²) in [6, 6.07) is 51.3. The molecule has 5 aromatic carbocycles. The van der Waals surface area contributed by atoms with Crippen molar-refractivity contribution in [1.82, 2.24) is 0 Å². The maximum atomic E-state index is 6.05. The molecule has 0 N–H and O–H groups in total. The molecular weight excluding hydrogens is 443 g/mol. The Morgan fingerprint density at radius 2 is 0.943 bits per heavy atom. The van der Waals surface area contributed by atoms with Gasteiger partial charge in [0.1, 0.15) is 0 Å². The van der Waals surface area contributed by atoms with E-state index in [-0.39, 0.29) is 0 Å². The summed E-state index contributed by atoms with van der Waals surface area (Å²) in [5, 5.41) is 4.26. The van der Waals surface area contributed by atoms with E-state index in [0.717, 1.165) is 23.2 Å². The SMILES string of the molecule is C(=Cc1cccc(Oc2ccccc2)c1)C[PH](c1ccccc1)(c1ccccc1)c1ccccc1. The average Bonchev–Trinajstić information content (AvgIpc) is 2.93. The van der Waals surface area contributed by atoms with E-state index in [1.807, 2.05) is 42.5 Å². The van der Waals surface area contributed by atoms with Crippen molar-refractivity contribution in [3.8, 4) is 11.5 Å². The molecule has 2 heteroatoms. The van der Waals surface area contributed by atoms with Gasteiger partial charge in [-0.3, -0.25) is 0 Å². The van der Waals surface area contributed by atoms with Crippen molar-refractivity contribution < 1.29 is 4.74 Å².